The van der Waals surface area contributed by atoms with E-state index in [4.69, 9.17) is 5.11 Å². The Morgan fingerprint density at radius 1 is 1.33 bits per heavy atom. The van der Waals surface area contributed by atoms with Crippen LogP contribution in [0.3, 0.4) is 0 Å². The number of nitrogens with one attached hydrogen (secondary N) is 1. The predicted molar refractivity (Wildman–Crippen MR) is 64.9 cm³/mol. The van der Waals surface area contributed by atoms with Gasteiger partial charge in [0.05, 0.1) is 6.61 Å². The normalized spacial score (nSPS) is 29.4. The Morgan fingerprint density at radius 2 is 2.07 bits per heavy atom. The van der Waals surface area contributed by atoms with E-state index in [1.54, 1.807) is 0 Å². The first-order valence-corrected chi connectivity index (χ1v) is 6.54. The maximum absolute atomic E-state index is 9.17. The molecule has 0 spiro atoms. The van der Waals surface area contributed by atoms with E-state index in [0.29, 0.717) is 12.1 Å². The maximum atomic E-state index is 9.17. The quantitative estimate of drug-likeness (QED) is 0.735. The Hall–Kier alpha value is -0.0800. The summed E-state index contributed by atoms with van der Waals surface area (Å²) in [6, 6.07) is 0.948. The second kappa shape index (κ2) is 6.49. The number of hydrogen-bond acceptors (Lipinski definition) is 2. The van der Waals surface area contributed by atoms with Crippen LogP contribution in [0.15, 0.2) is 0 Å². The van der Waals surface area contributed by atoms with Crippen molar-refractivity contribution in [1.82, 2.24) is 5.32 Å². The third-order valence-corrected chi connectivity index (χ3v) is 3.84. The molecule has 1 fully saturated rings. The van der Waals surface area contributed by atoms with Crippen LogP contribution in [-0.2, 0) is 0 Å². The van der Waals surface area contributed by atoms with Gasteiger partial charge in [0.1, 0.15) is 0 Å². The molecule has 15 heavy (non-hydrogen) atoms. The van der Waals surface area contributed by atoms with Gasteiger partial charge in [-0.3, -0.25) is 0 Å². The molecule has 1 rings (SSSR count). The molecular weight excluding hydrogens is 186 g/mol. The second-order valence-electron chi connectivity index (χ2n) is 5.32. The van der Waals surface area contributed by atoms with Crippen molar-refractivity contribution >= 4 is 0 Å². The van der Waals surface area contributed by atoms with Gasteiger partial charge in [-0.05, 0) is 31.1 Å². The van der Waals surface area contributed by atoms with E-state index < -0.39 is 0 Å². The first kappa shape index (κ1) is 13.0. The molecule has 0 heterocycles. The number of aliphatic hydroxyl groups excluding tert-OH is 1. The number of rotatable bonds is 5. The van der Waals surface area contributed by atoms with E-state index in [2.05, 4.69) is 26.1 Å². The van der Waals surface area contributed by atoms with Crippen molar-refractivity contribution in [1.29, 1.82) is 0 Å². The van der Waals surface area contributed by atoms with Gasteiger partial charge in [0.15, 0.2) is 0 Å². The Morgan fingerprint density at radius 3 is 2.60 bits per heavy atom. The van der Waals surface area contributed by atoms with Crippen LogP contribution >= 0.6 is 0 Å². The van der Waals surface area contributed by atoms with Gasteiger partial charge in [-0.15, -0.1) is 0 Å². The first-order valence-electron chi connectivity index (χ1n) is 6.54. The van der Waals surface area contributed by atoms with Gasteiger partial charge in [-0.2, -0.15) is 0 Å². The van der Waals surface area contributed by atoms with Crippen LogP contribution in [0.5, 0.6) is 0 Å². The van der Waals surface area contributed by atoms with Gasteiger partial charge >= 0.3 is 0 Å². The Kier molecular flexibility index (Phi) is 5.62. The molecule has 0 radical (unpaired) electrons. The summed E-state index contributed by atoms with van der Waals surface area (Å²) in [4.78, 5) is 0. The molecular formula is C13H27NO. The summed E-state index contributed by atoms with van der Waals surface area (Å²) < 4.78 is 0. The van der Waals surface area contributed by atoms with Crippen molar-refractivity contribution in [3.63, 3.8) is 0 Å². The van der Waals surface area contributed by atoms with E-state index in [0.717, 1.165) is 18.3 Å². The van der Waals surface area contributed by atoms with Crippen molar-refractivity contribution in [2.45, 2.75) is 65.0 Å². The fourth-order valence-electron chi connectivity index (χ4n) is 2.62. The third-order valence-electron chi connectivity index (χ3n) is 3.84. The molecule has 1 saturated carbocycles. The van der Waals surface area contributed by atoms with Crippen LogP contribution in [0.4, 0.5) is 0 Å². The summed E-state index contributed by atoms with van der Waals surface area (Å²) in [6.07, 6.45) is 6.36. The smallest absolute Gasteiger partial charge is 0.0584 e. The number of aliphatic hydroxyl groups is 1. The maximum Gasteiger partial charge on any atom is 0.0584 e. The molecule has 0 aromatic carbocycles. The summed E-state index contributed by atoms with van der Waals surface area (Å²) in [6.45, 7) is 7.07. The van der Waals surface area contributed by atoms with Gasteiger partial charge < -0.3 is 10.4 Å². The van der Waals surface area contributed by atoms with Crippen molar-refractivity contribution < 1.29 is 5.11 Å². The van der Waals surface area contributed by atoms with Gasteiger partial charge in [-0.1, -0.05) is 33.6 Å². The highest BCUT2D eigenvalue weighted by molar-refractivity contribution is 4.81. The van der Waals surface area contributed by atoms with Crippen LogP contribution in [-0.4, -0.2) is 23.8 Å². The topological polar surface area (TPSA) is 32.3 Å². The van der Waals surface area contributed by atoms with E-state index in [9.17, 15) is 0 Å². The van der Waals surface area contributed by atoms with Crippen LogP contribution in [0.2, 0.25) is 0 Å². The summed E-state index contributed by atoms with van der Waals surface area (Å²) in [7, 11) is 0. The van der Waals surface area contributed by atoms with Gasteiger partial charge in [0.25, 0.3) is 0 Å². The average Bonchev–Trinajstić information content (AvgIpc) is 2.26. The van der Waals surface area contributed by atoms with Gasteiger partial charge in [0, 0.05) is 12.1 Å². The molecule has 1 aliphatic carbocycles. The lowest BCUT2D eigenvalue weighted by Crippen LogP contribution is -2.43. The Balaban J connectivity index is 2.35. The highest BCUT2D eigenvalue weighted by atomic mass is 16.3. The highest BCUT2D eigenvalue weighted by Gasteiger charge is 2.24. The van der Waals surface area contributed by atoms with E-state index in [1.165, 1.54) is 25.7 Å². The lowest BCUT2D eigenvalue weighted by atomic mass is 9.79. The van der Waals surface area contributed by atoms with Crippen molar-refractivity contribution in [2.75, 3.05) is 6.61 Å². The molecule has 0 aromatic heterocycles. The van der Waals surface area contributed by atoms with Crippen LogP contribution in [0, 0.1) is 11.8 Å². The average molecular weight is 213 g/mol. The van der Waals surface area contributed by atoms with E-state index in [-0.39, 0.29) is 6.61 Å². The molecule has 2 N–H and O–H groups in total. The van der Waals surface area contributed by atoms with Crippen LogP contribution < -0.4 is 5.32 Å². The molecule has 90 valence electrons. The molecule has 0 saturated heterocycles. The van der Waals surface area contributed by atoms with Gasteiger partial charge in [-0.25, -0.2) is 0 Å². The standard InChI is InChI=1S/C13H27NO/c1-4-12(9-15)14-13-7-5-6-11(8-13)10(2)3/h10-15H,4-9H2,1-3H3/t11?,12-,13?/m1/s1. The molecule has 0 aliphatic heterocycles. The molecule has 3 atom stereocenters. The predicted octanol–water partition coefficient (Wildman–Crippen LogP) is 2.56. The molecule has 2 unspecified atom stereocenters. The first-order chi connectivity index (χ1) is 7.17. The zero-order valence-electron chi connectivity index (χ0n) is 10.5. The molecule has 0 bridgehead atoms. The lowest BCUT2D eigenvalue weighted by molar-refractivity contribution is 0.184. The summed E-state index contributed by atoms with van der Waals surface area (Å²) in [5, 5.41) is 12.8. The second-order valence-corrected chi connectivity index (χ2v) is 5.32. The monoisotopic (exact) mass is 213 g/mol. The van der Waals surface area contributed by atoms with Crippen LogP contribution in [0.25, 0.3) is 0 Å². The molecule has 1 aliphatic rings. The van der Waals surface area contributed by atoms with Gasteiger partial charge in [0.2, 0.25) is 0 Å². The minimum Gasteiger partial charge on any atom is -0.395 e. The zero-order valence-corrected chi connectivity index (χ0v) is 10.5. The van der Waals surface area contributed by atoms with E-state index in [1.807, 2.05) is 0 Å². The fourth-order valence-corrected chi connectivity index (χ4v) is 2.62. The van der Waals surface area contributed by atoms with Crippen LogP contribution in [0.1, 0.15) is 52.9 Å². The Bertz CT molecular complexity index is 164. The Labute approximate surface area is 94.5 Å². The largest absolute Gasteiger partial charge is 0.395 e. The minimum atomic E-state index is 0.277. The SMILES string of the molecule is CC[C@H](CO)NC1CCCC(C(C)C)C1. The van der Waals surface area contributed by atoms with Crippen molar-refractivity contribution in [2.24, 2.45) is 11.8 Å². The lowest BCUT2D eigenvalue weighted by Gasteiger charge is -2.34. The highest BCUT2D eigenvalue weighted by Crippen LogP contribution is 2.30. The summed E-state index contributed by atoms with van der Waals surface area (Å²) in [5.41, 5.74) is 0. The summed E-state index contributed by atoms with van der Waals surface area (Å²) in [5.74, 6) is 1.69. The molecule has 0 amide bonds. The molecule has 2 nitrogen and oxygen atoms in total. The third kappa shape index (κ3) is 4.12. The van der Waals surface area contributed by atoms with Crippen molar-refractivity contribution in [3.05, 3.63) is 0 Å². The molecule has 0 aromatic rings. The molecule has 2 heteroatoms. The number of hydrogen-bond donors (Lipinski definition) is 2. The fraction of sp³-hybridized carbons (Fsp3) is 1.00. The van der Waals surface area contributed by atoms with E-state index >= 15 is 0 Å². The zero-order chi connectivity index (χ0) is 11.3. The van der Waals surface area contributed by atoms with Crippen molar-refractivity contribution in [3.8, 4) is 0 Å². The minimum absolute atomic E-state index is 0.277. The summed E-state index contributed by atoms with van der Waals surface area (Å²) >= 11 is 0.